The predicted octanol–water partition coefficient (Wildman–Crippen LogP) is 1.99. The fourth-order valence-electron chi connectivity index (χ4n) is 2.17. The lowest BCUT2D eigenvalue weighted by Crippen LogP contribution is -2.53. The van der Waals surface area contributed by atoms with Gasteiger partial charge in [0.2, 0.25) is 0 Å². The quantitative estimate of drug-likeness (QED) is 0.529. The summed E-state index contributed by atoms with van der Waals surface area (Å²) in [6, 6.07) is 0. The highest BCUT2D eigenvalue weighted by Gasteiger charge is 2.45. The Kier molecular flexibility index (Phi) is 7.65. The van der Waals surface area contributed by atoms with Crippen LogP contribution < -0.4 is 5.84 Å². The maximum absolute atomic E-state index is 11.2. The van der Waals surface area contributed by atoms with Crippen LogP contribution in [0.5, 0.6) is 0 Å². The lowest BCUT2D eigenvalue weighted by Gasteiger charge is -2.31. The summed E-state index contributed by atoms with van der Waals surface area (Å²) in [6.45, 7) is 2.82. The van der Waals surface area contributed by atoms with Gasteiger partial charge in [0.05, 0.1) is 0 Å². The summed E-state index contributed by atoms with van der Waals surface area (Å²) in [5.41, 5.74) is -0.769. The number of hydrogen-bond donors (Lipinski definition) is 3. The molecule has 0 radical (unpaired) electrons. The van der Waals surface area contributed by atoms with Crippen molar-refractivity contribution in [1.29, 1.82) is 0 Å². The summed E-state index contributed by atoms with van der Waals surface area (Å²) in [5, 5.41) is 17.9. The van der Waals surface area contributed by atoms with Gasteiger partial charge in [-0.25, -0.2) is 9.80 Å². The standard InChI is InChI=1S/C10H20N2O2.C2HF3O2/c1-2-3-4-6-10(9(13)14)7-5-8-12(10)11;3-2(4,5)1(6)7/h2-8,11H2,1H3,(H,13,14);(H,6,7)/t10-;/m0./s1. The molecule has 6 nitrogen and oxygen atoms in total. The number of unbranched alkanes of at least 4 members (excludes halogenated alkanes) is 2. The molecule has 1 atom stereocenters. The minimum atomic E-state index is -5.08. The number of hydrazine groups is 1. The van der Waals surface area contributed by atoms with Crippen molar-refractivity contribution in [2.75, 3.05) is 6.54 Å². The molecule has 0 saturated carbocycles. The molecule has 0 aromatic carbocycles. The van der Waals surface area contributed by atoms with Crippen LogP contribution in [0.4, 0.5) is 13.2 Å². The minimum Gasteiger partial charge on any atom is -0.480 e. The molecule has 9 heteroatoms. The number of halogens is 3. The molecule has 1 fully saturated rings. The number of hydrogen-bond acceptors (Lipinski definition) is 4. The van der Waals surface area contributed by atoms with Gasteiger partial charge in [-0.3, -0.25) is 10.6 Å². The Morgan fingerprint density at radius 3 is 2.10 bits per heavy atom. The monoisotopic (exact) mass is 314 g/mol. The maximum atomic E-state index is 11.2. The van der Waals surface area contributed by atoms with Gasteiger partial charge in [0, 0.05) is 6.54 Å². The van der Waals surface area contributed by atoms with Gasteiger partial charge in [0.25, 0.3) is 0 Å². The van der Waals surface area contributed by atoms with Gasteiger partial charge in [0.15, 0.2) is 0 Å². The maximum Gasteiger partial charge on any atom is 0.490 e. The first-order valence-electron chi connectivity index (χ1n) is 6.63. The van der Waals surface area contributed by atoms with E-state index < -0.39 is 23.7 Å². The number of carboxylic acids is 2. The van der Waals surface area contributed by atoms with Crippen LogP contribution in [-0.4, -0.2) is 45.4 Å². The highest BCUT2D eigenvalue weighted by atomic mass is 19.4. The molecule has 1 aliphatic rings. The van der Waals surface area contributed by atoms with Crippen LogP contribution in [0.2, 0.25) is 0 Å². The van der Waals surface area contributed by atoms with Crippen molar-refractivity contribution in [2.24, 2.45) is 5.84 Å². The summed E-state index contributed by atoms with van der Waals surface area (Å²) in [6.07, 6.45) is 0.351. The van der Waals surface area contributed by atoms with Crippen LogP contribution in [0.1, 0.15) is 45.4 Å². The van der Waals surface area contributed by atoms with E-state index in [1.165, 1.54) is 5.01 Å². The molecule has 1 heterocycles. The first-order valence-corrected chi connectivity index (χ1v) is 6.63. The van der Waals surface area contributed by atoms with Gasteiger partial charge in [-0.2, -0.15) is 13.2 Å². The van der Waals surface area contributed by atoms with Crippen molar-refractivity contribution in [3.05, 3.63) is 0 Å². The number of nitrogens with zero attached hydrogens (tertiary/aromatic N) is 1. The molecular weight excluding hydrogens is 293 g/mol. The molecule has 4 N–H and O–H groups in total. The van der Waals surface area contributed by atoms with E-state index in [-0.39, 0.29) is 0 Å². The number of carboxylic acid groups (broad SMARTS) is 2. The van der Waals surface area contributed by atoms with Gasteiger partial charge >= 0.3 is 18.1 Å². The Hall–Kier alpha value is -1.35. The third kappa shape index (κ3) is 5.88. The molecule has 124 valence electrons. The predicted molar refractivity (Wildman–Crippen MR) is 68.3 cm³/mol. The van der Waals surface area contributed by atoms with Crippen LogP contribution >= 0.6 is 0 Å². The Balaban J connectivity index is 0.000000486. The Morgan fingerprint density at radius 2 is 1.81 bits per heavy atom. The van der Waals surface area contributed by atoms with Crippen LogP contribution in [-0.2, 0) is 9.59 Å². The van der Waals surface area contributed by atoms with E-state index in [0.717, 1.165) is 25.7 Å². The van der Waals surface area contributed by atoms with Crippen molar-refractivity contribution < 1.29 is 33.0 Å². The first-order chi connectivity index (χ1) is 9.58. The summed E-state index contributed by atoms with van der Waals surface area (Å²) >= 11 is 0. The highest BCUT2D eigenvalue weighted by molar-refractivity contribution is 5.79. The van der Waals surface area contributed by atoms with Crippen molar-refractivity contribution in [3.63, 3.8) is 0 Å². The molecule has 0 aliphatic carbocycles. The number of nitrogens with two attached hydrogens (primary N) is 1. The van der Waals surface area contributed by atoms with Crippen LogP contribution in [0.25, 0.3) is 0 Å². The molecule has 0 bridgehead atoms. The molecule has 0 aromatic rings. The molecule has 1 rings (SSSR count). The van der Waals surface area contributed by atoms with Crippen molar-refractivity contribution in [3.8, 4) is 0 Å². The SMILES string of the molecule is CCCCC[C@@]1(C(=O)O)CCCN1N.O=C(O)C(F)(F)F. The van der Waals surface area contributed by atoms with Gasteiger partial charge in [-0.1, -0.05) is 26.2 Å². The molecule has 0 unspecified atom stereocenters. The lowest BCUT2D eigenvalue weighted by atomic mass is 9.90. The highest BCUT2D eigenvalue weighted by Crippen LogP contribution is 2.31. The minimum absolute atomic E-state index is 0.687. The van der Waals surface area contributed by atoms with E-state index in [9.17, 15) is 23.1 Å². The third-order valence-corrected chi connectivity index (χ3v) is 3.37. The smallest absolute Gasteiger partial charge is 0.480 e. The Labute approximate surface area is 120 Å². The Bertz CT molecular complexity index is 363. The fourth-order valence-corrected chi connectivity index (χ4v) is 2.17. The molecule has 1 aliphatic heterocycles. The number of carbonyl (C=O) groups is 2. The first kappa shape index (κ1) is 19.7. The zero-order valence-electron chi connectivity index (χ0n) is 11.8. The number of rotatable bonds is 5. The second-order valence-corrected chi connectivity index (χ2v) is 4.89. The van der Waals surface area contributed by atoms with Gasteiger partial charge in [-0.05, 0) is 19.3 Å². The Morgan fingerprint density at radius 1 is 1.29 bits per heavy atom. The van der Waals surface area contributed by atoms with Gasteiger partial charge in [-0.15, -0.1) is 0 Å². The van der Waals surface area contributed by atoms with E-state index in [0.29, 0.717) is 19.4 Å². The van der Waals surface area contributed by atoms with Crippen molar-refractivity contribution in [2.45, 2.75) is 57.2 Å². The van der Waals surface area contributed by atoms with E-state index in [1.54, 1.807) is 0 Å². The van der Waals surface area contributed by atoms with E-state index >= 15 is 0 Å². The van der Waals surface area contributed by atoms with Crippen molar-refractivity contribution >= 4 is 11.9 Å². The molecule has 0 spiro atoms. The van der Waals surface area contributed by atoms with E-state index in [1.807, 2.05) is 0 Å². The van der Waals surface area contributed by atoms with E-state index in [2.05, 4.69) is 6.92 Å². The third-order valence-electron chi connectivity index (χ3n) is 3.37. The molecular formula is C12H21F3N2O4. The summed E-state index contributed by atoms with van der Waals surface area (Å²) < 4.78 is 31.7. The second kappa shape index (κ2) is 8.18. The number of aliphatic carboxylic acids is 2. The number of alkyl halides is 3. The van der Waals surface area contributed by atoms with Crippen molar-refractivity contribution in [1.82, 2.24) is 5.01 Å². The van der Waals surface area contributed by atoms with Crippen LogP contribution in [0, 0.1) is 0 Å². The molecule has 21 heavy (non-hydrogen) atoms. The average Bonchev–Trinajstić information content (AvgIpc) is 2.72. The fraction of sp³-hybridized carbons (Fsp3) is 0.833. The van der Waals surface area contributed by atoms with E-state index in [4.69, 9.17) is 15.7 Å². The average molecular weight is 314 g/mol. The molecule has 0 aromatic heterocycles. The summed E-state index contributed by atoms with van der Waals surface area (Å²) in [5.74, 6) is 2.24. The normalized spacial score (nSPS) is 22.5. The molecule has 1 saturated heterocycles. The van der Waals surface area contributed by atoms with Crippen LogP contribution in [0.3, 0.4) is 0 Å². The van der Waals surface area contributed by atoms with Gasteiger partial charge in [0.1, 0.15) is 5.54 Å². The lowest BCUT2D eigenvalue weighted by molar-refractivity contribution is -0.192. The van der Waals surface area contributed by atoms with Gasteiger partial charge < -0.3 is 10.2 Å². The summed E-state index contributed by atoms with van der Waals surface area (Å²) in [4.78, 5) is 20.1. The largest absolute Gasteiger partial charge is 0.490 e. The topological polar surface area (TPSA) is 104 Å². The second-order valence-electron chi connectivity index (χ2n) is 4.89. The zero-order valence-corrected chi connectivity index (χ0v) is 11.8. The molecule has 0 amide bonds. The summed E-state index contributed by atoms with van der Waals surface area (Å²) in [7, 11) is 0. The zero-order chi connectivity index (χ0) is 16.7. The van der Waals surface area contributed by atoms with Crippen LogP contribution in [0.15, 0.2) is 0 Å².